The number of anilines is 1. The van der Waals surface area contributed by atoms with E-state index in [1.165, 1.54) is 0 Å². The molecule has 0 aromatic carbocycles. The summed E-state index contributed by atoms with van der Waals surface area (Å²) in [6.45, 7) is 4.23. The number of aliphatic hydroxyl groups is 1. The van der Waals surface area contributed by atoms with Gasteiger partial charge in [0.25, 0.3) is 0 Å². The number of pyridine rings is 1. The first-order valence-corrected chi connectivity index (χ1v) is 6.30. The zero-order valence-electron chi connectivity index (χ0n) is 8.72. The summed E-state index contributed by atoms with van der Waals surface area (Å²) in [5.74, 6) is 0.743. The van der Waals surface area contributed by atoms with Crippen molar-refractivity contribution in [3.05, 3.63) is 21.2 Å². The van der Waals surface area contributed by atoms with Crippen molar-refractivity contribution in [2.45, 2.75) is 25.9 Å². The van der Waals surface area contributed by atoms with Crippen LogP contribution >= 0.6 is 31.9 Å². The zero-order valence-corrected chi connectivity index (χ0v) is 11.9. The van der Waals surface area contributed by atoms with Crippen LogP contribution in [0.1, 0.15) is 20.3 Å². The van der Waals surface area contributed by atoms with Gasteiger partial charge < -0.3 is 10.4 Å². The molecule has 0 aliphatic carbocycles. The van der Waals surface area contributed by atoms with Gasteiger partial charge in [-0.2, -0.15) is 0 Å². The number of halogens is 2. The summed E-state index contributed by atoms with van der Waals surface area (Å²) in [5.41, 5.74) is -0.700. The van der Waals surface area contributed by atoms with Gasteiger partial charge in [-0.05, 0) is 51.3 Å². The van der Waals surface area contributed by atoms with Crippen LogP contribution in [0.2, 0.25) is 0 Å². The Labute approximate surface area is 107 Å². The molecule has 1 atom stereocenters. The summed E-state index contributed by atoms with van der Waals surface area (Å²) in [6.07, 6.45) is 2.42. The molecule has 15 heavy (non-hydrogen) atoms. The molecule has 0 bridgehead atoms. The highest BCUT2D eigenvalue weighted by Gasteiger charge is 2.17. The largest absolute Gasteiger partial charge is 0.388 e. The average molecular weight is 338 g/mol. The van der Waals surface area contributed by atoms with Crippen LogP contribution in [0.5, 0.6) is 0 Å². The maximum absolute atomic E-state index is 9.82. The molecule has 0 saturated carbocycles. The van der Waals surface area contributed by atoms with Crippen LogP contribution in [0, 0.1) is 0 Å². The molecule has 0 aliphatic rings. The molecule has 1 rings (SSSR count). The SMILES string of the molecule is CCC(C)(O)CNc1ncc(Br)cc1Br. The van der Waals surface area contributed by atoms with Crippen molar-refractivity contribution in [1.29, 1.82) is 0 Å². The van der Waals surface area contributed by atoms with Crippen LogP contribution in [-0.2, 0) is 0 Å². The Bertz CT molecular complexity index is 342. The number of aromatic nitrogens is 1. The van der Waals surface area contributed by atoms with Crippen molar-refractivity contribution in [2.24, 2.45) is 0 Å². The van der Waals surface area contributed by atoms with Gasteiger partial charge >= 0.3 is 0 Å². The number of nitrogens with zero attached hydrogens (tertiary/aromatic N) is 1. The van der Waals surface area contributed by atoms with Gasteiger partial charge in [0.15, 0.2) is 0 Å². The molecule has 3 nitrogen and oxygen atoms in total. The van der Waals surface area contributed by atoms with Crippen molar-refractivity contribution in [1.82, 2.24) is 4.98 Å². The van der Waals surface area contributed by atoms with Gasteiger partial charge in [0.05, 0.1) is 10.1 Å². The molecule has 0 aliphatic heterocycles. The minimum Gasteiger partial charge on any atom is -0.388 e. The van der Waals surface area contributed by atoms with Gasteiger partial charge in [-0.15, -0.1) is 0 Å². The second kappa shape index (κ2) is 5.27. The lowest BCUT2D eigenvalue weighted by Crippen LogP contribution is -2.32. The Balaban J connectivity index is 2.66. The van der Waals surface area contributed by atoms with Crippen molar-refractivity contribution >= 4 is 37.7 Å². The highest BCUT2D eigenvalue weighted by atomic mass is 79.9. The van der Waals surface area contributed by atoms with E-state index in [9.17, 15) is 5.11 Å². The monoisotopic (exact) mass is 336 g/mol. The summed E-state index contributed by atoms with van der Waals surface area (Å²) in [6, 6.07) is 1.91. The van der Waals surface area contributed by atoms with Gasteiger partial charge in [0.1, 0.15) is 5.82 Å². The van der Waals surface area contributed by atoms with Gasteiger partial charge in [-0.1, -0.05) is 6.92 Å². The first-order valence-electron chi connectivity index (χ1n) is 4.72. The average Bonchev–Trinajstić information content (AvgIpc) is 2.16. The van der Waals surface area contributed by atoms with E-state index in [2.05, 4.69) is 42.2 Å². The Hall–Kier alpha value is -0.130. The van der Waals surface area contributed by atoms with Crippen LogP contribution in [-0.4, -0.2) is 22.2 Å². The third-order valence-electron chi connectivity index (χ3n) is 2.21. The predicted molar refractivity (Wildman–Crippen MR) is 69.0 cm³/mol. The van der Waals surface area contributed by atoms with Crippen molar-refractivity contribution in [2.75, 3.05) is 11.9 Å². The summed E-state index contributed by atoms with van der Waals surface area (Å²) in [4.78, 5) is 4.20. The van der Waals surface area contributed by atoms with E-state index in [1.54, 1.807) is 13.1 Å². The maximum atomic E-state index is 9.82. The highest BCUT2D eigenvalue weighted by molar-refractivity contribution is 9.11. The molecule has 1 heterocycles. The fourth-order valence-corrected chi connectivity index (χ4v) is 2.07. The fourth-order valence-electron chi connectivity index (χ4n) is 0.944. The lowest BCUT2D eigenvalue weighted by atomic mass is 10.0. The third-order valence-corrected chi connectivity index (χ3v) is 3.24. The Morgan fingerprint density at radius 1 is 1.53 bits per heavy atom. The molecular formula is C10H14Br2N2O. The topological polar surface area (TPSA) is 45.1 Å². The van der Waals surface area contributed by atoms with Crippen LogP contribution in [0.15, 0.2) is 21.2 Å². The molecular weight excluding hydrogens is 324 g/mol. The molecule has 1 aromatic rings. The predicted octanol–water partition coefficient (Wildman–Crippen LogP) is 3.18. The number of hydrogen-bond acceptors (Lipinski definition) is 3. The normalized spacial score (nSPS) is 14.7. The third kappa shape index (κ3) is 4.09. The van der Waals surface area contributed by atoms with Gasteiger partial charge in [-0.3, -0.25) is 0 Å². The number of hydrogen-bond donors (Lipinski definition) is 2. The van der Waals surface area contributed by atoms with E-state index < -0.39 is 5.60 Å². The molecule has 0 spiro atoms. The number of nitrogens with one attached hydrogen (secondary N) is 1. The van der Waals surface area contributed by atoms with E-state index >= 15 is 0 Å². The van der Waals surface area contributed by atoms with Gasteiger partial charge in [0.2, 0.25) is 0 Å². The van der Waals surface area contributed by atoms with E-state index in [-0.39, 0.29) is 0 Å². The number of rotatable bonds is 4. The second-order valence-corrected chi connectivity index (χ2v) is 5.46. The smallest absolute Gasteiger partial charge is 0.140 e. The molecule has 5 heteroatoms. The van der Waals surface area contributed by atoms with Gasteiger partial charge in [-0.25, -0.2) is 4.98 Å². The second-order valence-electron chi connectivity index (χ2n) is 3.69. The lowest BCUT2D eigenvalue weighted by Gasteiger charge is -2.22. The minimum absolute atomic E-state index is 0.483. The Morgan fingerprint density at radius 2 is 2.20 bits per heavy atom. The Morgan fingerprint density at radius 3 is 2.73 bits per heavy atom. The summed E-state index contributed by atoms with van der Waals surface area (Å²) in [5, 5.41) is 12.9. The van der Waals surface area contributed by atoms with Gasteiger partial charge in [0, 0.05) is 17.2 Å². The zero-order chi connectivity index (χ0) is 11.5. The van der Waals surface area contributed by atoms with Crippen LogP contribution in [0.3, 0.4) is 0 Å². The lowest BCUT2D eigenvalue weighted by molar-refractivity contribution is 0.0696. The van der Waals surface area contributed by atoms with E-state index in [0.717, 1.165) is 14.8 Å². The highest BCUT2D eigenvalue weighted by Crippen LogP contribution is 2.24. The molecule has 84 valence electrons. The van der Waals surface area contributed by atoms with Crippen molar-refractivity contribution in [3.63, 3.8) is 0 Å². The van der Waals surface area contributed by atoms with Crippen LogP contribution in [0.25, 0.3) is 0 Å². The molecule has 0 radical (unpaired) electrons. The standard InChI is InChI=1S/C10H14Br2N2O/c1-3-10(2,15)6-14-9-8(12)4-7(11)5-13-9/h4-5,15H,3,6H2,1-2H3,(H,13,14). The van der Waals surface area contributed by atoms with Crippen LogP contribution in [0.4, 0.5) is 5.82 Å². The molecule has 0 saturated heterocycles. The molecule has 0 amide bonds. The molecule has 2 N–H and O–H groups in total. The van der Waals surface area contributed by atoms with E-state index in [1.807, 2.05) is 13.0 Å². The molecule has 1 aromatic heterocycles. The van der Waals surface area contributed by atoms with Crippen molar-refractivity contribution < 1.29 is 5.11 Å². The molecule has 0 fully saturated rings. The first-order chi connectivity index (χ1) is 6.94. The maximum Gasteiger partial charge on any atom is 0.140 e. The fraction of sp³-hybridized carbons (Fsp3) is 0.500. The summed E-state index contributed by atoms with van der Waals surface area (Å²) < 4.78 is 1.80. The quantitative estimate of drug-likeness (QED) is 0.886. The first kappa shape index (κ1) is 12.9. The van der Waals surface area contributed by atoms with E-state index in [0.29, 0.717) is 13.0 Å². The van der Waals surface area contributed by atoms with E-state index in [4.69, 9.17) is 0 Å². The van der Waals surface area contributed by atoms with Crippen LogP contribution < -0.4 is 5.32 Å². The summed E-state index contributed by atoms with van der Waals surface area (Å²) >= 11 is 6.73. The molecule has 1 unspecified atom stereocenters. The van der Waals surface area contributed by atoms with Crippen molar-refractivity contribution in [3.8, 4) is 0 Å². The minimum atomic E-state index is -0.700. The Kier molecular flexibility index (Phi) is 4.55. The summed E-state index contributed by atoms with van der Waals surface area (Å²) in [7, 11) is 0.